The molecular weight excluding hydrogens is 226 g/mol. The molecule has 4 nitrogen and oxygen atoms in total. The van der Waals surface area contributed by atoms with Crippen molar-refractivity contribution < 1.29 is 5.11 Å². The van der Waals surface area contributed by atoms with Crippen molar-refractivity contribution >= 4 is 5.82 Å². The van der Waals surface area contributed by atoms with Crippen molar-refractivity contribution in [1.82, 2.24) is 9.97 Å². The molecule has 2 rings (SSSR count). The highest BCUT2D eigenvalue weighted by Gasteiger charge is 2.00. The van der Waals surface area contributed by atoms with Gasteiger partial charge in [0, 0.05) is 6.54 Å². The van der Waals surface area contributed by atoms with E-state index in [0.29, 0.717) is 6.54 Å². The largest absolute Gasteiger partial charge is 0.392 e. The van der Waals surface area contributed by atoms with Gasteiger partial charge in [0.2, 0.25) is 0 Å². The molecule has 0 radical (unpaired) electrons. The van der Waals surface area contributed by atoms with Gasteiger partial charge in [0.25, 0.3) is 0 Å². The van der Waals surface area contributed by atoms with Crippen molar-refractivity contribution in [3.63, 3.8) is 0 Å². The summed E-state index contributed by atoms with van der Waals surface area (Å²) in [6.07, 6.45) is 1.73. The number of aromatic nitrogens is 2. The first-order chi connectivity index (χ1) is 8.69. The van der Waals surface area contributed by atoms with Gasteiger partial charge in [0.05, 0.1) is 24.2 Å². The summed E-state index contributed by atoms with van der Waals surface area (Å²) < 4.78 is 0. The summed E-state index contributed by atoms with van der Waals surface area (Å²) in [6, 6.07) is 7.83. The number of aliphatic hydroxyl groups is 1. The summed E-state index contributed by atoms with van der Waals surface area (Å²) in [5, 5.41) is 12.3. The van der Waals surface area contributed by atoms with Crippen LogP contribution in [0.2, 0.25) is 0 Å². The number of rotatable bonds is 4. The van der Waals surface area contributed by atoms with E-state index in [-0.39, 0.29) is 6.61 Å². The zero-order chi connectivity index (χ0) is 13.0. The Morgan fingerprint density at radius 2 is 1.94 bits per heavy atom. The third kappa shape index (κ3) is 3.05. The highest BCUT2D eigenvalue weighted by atomic mass is 16.3. The number of nitrogens with zero attached hydrogens (tertiary/aromatic N) is 2. The molecule has 0 amide bonds. The second kappa shape index (κ2) is 5.60. The Hall–Kier alpha value is -1.94. The van der Waals surface area contributed by atoms with Gasteiger partial charge < -0.3 is 10.4 Å². The van der Waals surface area contributed by atoms with Crippen LogP contribution in [0.15, 0.2) is 30.5 Å². The Bertz CT molecular complexity index is 540. The molecule has 0 aliphatic heterocycles. The van der Waals surface area contributed by atoms with Crippen LogP contribution in [0.1, 0.15) is 22.5 Å². The molecule has 0 spiro atoms. The van der Waals surface area contributed by atoms with Crippen LogP contribution in [-0.4, -0.2) is 15.1 Å². The average Bonchev–Trinajstić information content (AvgIpc) is 2.40. The first-order valence-corrected chi connectivity index (χ1v) is 5.92. The fourth-order valence-electron chi connectivity index (χ4n) is 1.66. The highest BCUT2D eigenvalue weighted by molar-refractivity contribution is 5.35. The maximum absolute atomic E-state index is 9.07. The monoisotopic (exact) mass is 243 g/mol. The van der Waals surface area contributed by atoms with Crippen LogP contribution in [0.3, 0.4) is 0 Å². The summed E-state index contributed by atoms with van der Waals surface area (Å²) in [4.78, 5) is 8.67. The maximum atomic E-state index is 9.07. The van der Waals surface area contributed by atoms with Crippen molar-refractivity contribution in [3.05, 3.63) is 53.0 Å². The molecule has 18 heavy (non-hydrogen) atoms. The summed E-state index contributed by atoms with van der Waals surface area (Å²) in [5.74, 6) is 0.771. The average molecular weight is 243 g/mol. The predicted octanol–water partition coefficient (Wildman–Crippen LogP) is 2.20. The van der Waals surface area contributed by atoms with Gasteiger partial charge in [0.1, 0.15) is 5.82 Å². The van der Waals surface area contributed by atoms with Gasteiger partial charge in [-0.25, -0.2) is 4.98 Å². The number of benzene rings is 1. The molecule has 0 unspecified atom stereocenters. The zero-order valence-corrected chi connectivity index (χ0v) is 10.6. The SMILES string of the molecule is Cc1ncc(NCc2cccc(CO)c2)nc1C. The zero-order valence-electron chi connectivity index (χ0n) is 10.6. The molecule has 1 heterocycles. The summed E-state index contributed by atoms with van der Waals surface area (Å²) in [7, 11) is 0. The van der Waals surface area contributed by atoms with Gasteiger partial charge >= 0.3 is 0 Å². The van der Waals surface area contributed by atoms with Gasteiger partial charge in [-0.05, 0) is 25.0 Å². The van der Waals surface area contributed by atoms with Gasteiger partial charge in [-0.1, -0.05) is 24.3 Å². The molecular formula is C14H17N3O. The molecule has 0 saturated heterocycles. The first-order valence-electron chi connectivity index (χ1n) is 5.92. The Balaban J connectivity index is 2.04. The molecule has 0 bridgehead atoms. The standard InChI is InChI=1S/C14H17N3O/c1-10-11(2)17-14(8-15-10)16-7-12-4-3-5-13(6-12)9-18/h3-6,8,18H,7,9H2,1-2H3,(H,16,17). The van der Waals surface area contributed by atoms with E-state index in [1.54, 1.807) is 6.20 Å². The smallest absolute Gasteiger partial charge is 0.145 e. The molecule has 94 valence electrons. The van der Waals surface area contributed by atoms with Crippen LogP contribution in [0.25, 0.3) is 0 Å². The molecule has 0 aliphatic rings. The molecule has 2 aromatic rings. The number of nitrogens with one attached hydrogen (secondary N) is 1. The Morgan fingerprint density at radius 1 is 1.17 bits per heavy atom. The van der Waals surface area contributed by atoms with Gasteiger partial charge in [-0.2, -0.15) is 0 Å². The molecule has 0 saturated carbocycles. The minimum atomic E-state index is 0.0668. The molecule has 0 atom stereocenters. The van der Waals surface area contributed by atoms with E-state index in [9.17, 15) is 0 Å². The van der Waals surface area contributed by atoms with E-state index >= 15 is 0 Å². The van der Waals surface area contributed by atoms with E-state index in [0.717, 1.165) is 28.3 Å². The van der Waals surface area contributed by atoms with Gasteiger partial charge in [-0.3, -0.25) is 4.98 Å². The fraction of sp³-hybridized carbons (Fsp3) is 0.286. The van der Waals surface area contributed by atoms with Crippen molar-refractivity contribution in [3.8, 4) is 0 Å². The van der Waals surface area contributed by atoms with E-state index in [1.165, 1.54) is 0 Å². The van der Waals surface area contributed by atoms with Gasteiger partial charge in [-0.15, -0.1) is 0 Å². The molecule has 1 aromatic heterocycles. The van der Waals surface area contributed by atoms with Crippen molar-refractivity contribution in [1.29, 1.82) is 0 Å². The lowest BCUT2D eigenvalue weighted by atomic mass is 10.1. The minimum absolute atomic E-state index is 0.0668. The molecule has 4 heteroatoms. The van der Waals surface area contributed by atoms with E-state index in [4.69, 9.17) is 5.11 Å². The third-order valence-corrected chi connectivity index (χ3v) is 2.84. The van der Waals surface area contributed by atoms with Crippen molar-refractivity contribution in [2.24, 2.45) is 0 Å². The van der Waals surface area contributed by atoms with E-state index in [2.05, 4.69) is 15.3 Å². The Labute approximate surface area is 107 Å². The number of aryl methyl sites for hydroxylation is 2. The lowest BCUT2D eigenvalue weighted by Gasteiger charge is -2.08. The van der Waals surface area contributed by atoms with Crippen molar-refractivity contribution in [2.75, 3.05) is 5.32 Å². The summed E-state index contributed by atoms with van der Waals surface area (Å²) >= 11 is 0. The predicted molar refractivity (Wildman–Crippen MR) is 71.2 cm³/mol. The van der Waals surface area contributed by atoms with E-state index in [1.807, 2.05) is 38.1 Å². The summed E-state index contributed by atoms with van der Waals surface area (Å²) in [5.41, 5.74) is 3.91. The fourth-order valence-corrected chi connectivity index (χ4v) is 1.66. The Morgan fingerprint density at radius 3 is 2.67 bits per heavy atom. The third-order valence-electron chi connectivity index (χ3n) is 2.84. The normalized spacial score (nSPS) is 10.4. The van der Waals surface area contributed by atoms with Crippen LogP contribution in [0, 0.1) is 13.8 Å². The van der Waals surface area contributed by atoms with Gasteiger partial charge in [0.15, 0.2) is 0 Å². The van der Waals surface area contributed by atoms with E-state index < -0.39 is 0 Å². The molecule has 2 N–H and O–H groups in total. The molecule has 1 aromatic carbocycles. The maximum Gasteiger partial charge on any atom is 0.145 e. The number of aliphatic hydroxyl groups excluding tert-OH is 1. The lowest BCUT2D eigenvalue weighted by molar-refractivity contribution is 0.281. The summed E-state index contributed by atoms with van der Waals surface area (Å²) in [6.45, 7) is 4.62. The quantitative estimate of drug-likeness (QED) is 0.864. The molecule has 0 fully saturated rings. The van der Waals surface area contributed by atoms with Crippen molar-refractivity contribution in [2.45, 2.75) is 27.0 Å². The van der Waals surface area contributed by atoms with Crippen LogP contribution < -0.4 is 5.32 Å². The highest BCUT2D eigenvalue weighted by Crippen LogP contribution is 2.09. The second-order valence-electron chi connectivity index (χ2n) is 4.26. The first kappa shape index (κ1) is 12.5. The van der Waals surface area contributed by atoms with Crippen LogP contribution in [-0.2, 0) is 13.2 Å². The number of hydrogen-bond donors (Lipinski definition) is 2. The number of hydrogen-bond acceptors (Lipinski definition) is 4. The lowest BCUT2D eigenvalue weighted by Crippen LogP contribution is -2.04. The van der Waals surface area contributed by atoms with Crippen LogP contribution in [0.4, 0.5) is 5.82 Å². The van der Waals surface area contributed by atoms with Crippen LogP contribution in [0.5, 0.6) is 0 Å². The number of anilines is 1. The minimum Gasteiger partial charge on any atom is -0.392 e. The topological polar surface area (TPSA) is 58.0 Å². The van der Waals surface area contributed by atoms with Crippen LogP contribution >= 0.6 is 0 Å². The second-order valence-corrected chi connectivity index (χ2v) is 4.26. The Kier molecular flexibility index (Phi) is 3.89. The molecule has 0 aliphatic carbocycles.